The largest absolute Gasteiger partial charge is 0.495 e. The normalized spacial score (nSPS) is 15.2. The molecule has 1 fully saturated rings. The van der Waals surface area contributed by atoms with Crippen LogP contribution in [-0.2, 0) is 9.53 Å². The number of hydrogen-bond donors (Lipinski definition) is 3. The summed E-state index contributed by atoms with van der Waals surface area (Å²) in [7, 11) is 1.63. The second-order valence-corrected chi connectivity index (χ2v) is 8.88. The zero-order valence-corrected chi connectivity index (χ0v) is 21.0. The van der Waals surface area contributed by atoms with E-state index in [9.17, 15) is 4.79 Å². The van der Waals surface area contributed by atoms with Gasteiger partial charge < -0.3 is 25.4 Å². The molecule has 4 aromatic rings. The second-order valence-electron chi connectivity index (χ2n) is 8.48. The van der Waals surface area contributed by atoms with Gasteiger partial charge in [0.15, 0.2) is 0 Å². The lowest BCUT2D eigenvalue weighted by atomic mass is 10.0. The number of aromatic nitrogens is 2. The van der Waals surface area contributed by atoms with Crippen molar-refractivity contribution < 1.29 is 14.3 Å². The monoisotopic (exact) mass is 515 g/mol. The van der Waals surface area contributed by atoms with Crippen molar-refractivity contribution in [1.82, 2.24) is 15.3 Å². The topological polar surface area (TPSA) is 97.4 Å². The number of nitrogens with one attached hydrogen (secondary N) is 3. The molecule has 0 radical (unpaired) electrons. The van der Waals surface area contributed by atoms with Crippen LogP contribution in [-0.4, -0.2) is 42.7 Å². The number of carbonyl (C=O) groups excluding carboxylic acids is 1. The summed E-state index contributed by atoms with van der Waals surface area (Å²) in [5.74, 6) is 0.766. The van der Waals surface area contributed by atoms with E-state index in [4.69, 9.17) is 26.1 Å². The van der Waals surface area contributed by atoms with Crippen LogP contribution in [0, 0.1) is 0 Å². The first-order chi connectivity index (χ1) is 18.1. The highest BCUT2D eigenvalue weighted by Gasteiger charge is 2.18. The van der Waals surface area contributed by atoms with E-state index in [0.717, 1.165) is 40.9 Å². The molecular weight excluding hydrogens is 490 g/mol. The fraction of sp³-hybridized carbons (Fsp3) is 0.179. The van der Waals surface area contributed by atoms with Gasteiger partial charge in [-0.15, -0.1) is 0 Å². The molecule has 1 atom stereocenters. The van der Waals surface area contributed by atoms with Crippen molar-refractivity contribution in [3.63, 3.8) is 0 Å². The SMILES string of the molecule is C=CC(=O)Nc1cccc(-c2c(Cl)ccc3cnc(Nc4ccc(C5CNCCO5)cc4OC)nc23)c1. The average Bonchev–Trinajstić information content (AvgIpc) is 2.93. The maximum absolute atomic E-state index is 11.8. The van der Waals surface area contributed by atoms with Gasteiger partial charge in [0.05, 0.1) is 36.0 Å². The Hall–Kier alpha value is -3.98. The molecule has 0 saturated carbocycles. The average molecular weight is 516 g/mol. The molecule has 1 unspecified atom stereocenters. The minimum absolute atomic E-state index is 0.0228. The standard InChI is InChI=1S/C28H26ClN5O3/c1-3-25(35)32-20-6-4-5-18(13-20)26-21(29)9-7-19-15-31-28(34-27(19)26)33-22-10-8-17(14-23(22)36-2)24-16-30-11-12-37-24/h3-10,13-15,24,30H,1,11-12,16H2,2H3,(H,32,35)(H,31,33,34). The first-order valence-corrected chi connectivity index (χ1v) is 12.2. The molecule has 0 spiro atoms. The number of nitrogens with zero attached hydrogens (tertiary/aromatic N) is 2. The van der Waals surface area contributed by atoms with Crippen LogP contribution < -0.4 is 20.7 Å². The number of methoxy groups -OCH3 is 1. The maximum atomic E-state index is 11.8. The van der Waals surface area contributed by atoms with Gasteiger partial charge in [-0.1, -0.05) is 36.4 Å². The van der Waals surface area contributed by atoms with Crippen LogP contribution in [0.15, 0.2) is 73.4 Å². The smallest absolute Gasteiger partial charge is 0.247 e. The fourth-order valence-electron chi connectivity index (χ4n) is 4.26. The van der Waals surface area contributed by atoms with Crippen LogP contribution in [0.3, 0.4) is 0 Å². The lowest BCUT2D eigenvalue weighted by Gasteiger charge is -2.24. The number of carbonyl (C=O) groups is 1. The minimum atomic E-state index is -0.291. The highest BCUT2D eigenvalue weighted by molar-refractivity contribution is 6.35. The molecule has 5 rings (SSSR count). The second kappa shape index (κ2) is 11.0. The molecule has 3 aromatic carbocycles. The van der Waals surface area contributed by atoms with Crippen molar-refractivity contribution in [2.24, 2.45) is 0 Å². The van der Waals surface area contributed by atoms with E-state index in [2.05, 4.69) is 27.5 Å². The van der Waals surface area contributed by atoms with Crippen molar-refractivity contribution in [2.45, 2.75) is 6.10 Å². The van der Waals surface area contributed by atoms with Gasteiger partial charge in [-0.25, -0.2) is 9.97 Å². The molecular formula is C28H26ClN5O3. The number of ether oxygens (including phenoxy) is 2. The van der Waals surface area contributed by atoms with Crippen LogP contribution in [0.1, 0.15) is 11.7 Å². The van der Waals surface area contributed by atoms with E-state index in [0.29, 0.717) is 34.5 Å². The van der Waals surface area contributed by atoms with E-state index in [1.807, 2.05) is 48.5 Å². The van der Waals surface area contributed by atoms with E-state index in [-0.39, 0.29) is 12.0 Å². The Balaban J connectivity index is 1.49. The summed E-state index contributed by atoms with van der Waals surface area (Å²) in [6, 6.07) is 17.0. The lowest BCUT2D eigenvalue weighted by Crippen LogP contribution is -2.33. The van der Waals surface area contributed by atoms with Crippen molar-refractivity contribution >= 4 is 45.7 Å². The van der Waals surface area contributed by atoms with Gasteiger partial charge in [0.25, 0.3) is 0 Å². The Morgan fingerprint density at radius 1 is 1.24 bits per heavy atom. The number of halogens is 1. The summed E-state index contributed by atoms with van der Waals surface area (Å²) in [4.78, 5) is 21.1. The third-order valence-electron chi connectivity index (χ3n) is 6.08. The molecule has 1 saturated heterocycles. The summed E-state index contributed by atoms with van der Waals surface area (Å²) in [5.41, 5.74) is 4.62. The van der Waals surface area contributed by atoms with Gasteiger partial charge in [-0.05, 0) is 53.6 Å². The highest BCUT2D eigenvalue weighted by atomic mass is 35.5. The van der Waals surface area contributed by atoms with Crippen molar-refractivity contribution in [3.05, 3.63) is 84.0 Å². The summed E-state index contributed by atoms with van der Waals surface area (Å²) >= 11 is 6.65. The minimum Gasteiger partial charge on any atom is -0.495 e. The van der Waals surface area contributed by atoms with Crippen molar-refractivity contribution in [2.75, 3.05) is 37.4 Å². The Labute approximate surface area is 219 Å². The Morgan fingerprint density at radius 3 is 2.92 bits per heavy atom. The Bertz CT molecular complexity index is 1470. The first-order valence-electron chi connectivity index (χ1n) is 11.8. The number of amides is 1. The molecule has 1 aliphatic rings. The number of hydrogen-bond acceptors (Lipinski definition) is 7. The molecule has 188 valence electrons. The van der Waals surface area contributed by atoms with Gasteiger partial charge >= 0.3 is 0 Å². The quantitative estimate of drug-likeness (QED) is 0.280. The molecule has 2 heterocycles. The van der Waals surface area contributed by atoms with Gasteiger partial charge in [-0.3, -0.25) is 4.79 Å². The van der Waals surface area contributed by atoms with Gasteiger partial charge in [0.2, 0.25) is 11.9 Å². The molecule has 1 aliphatic heterocycles. The number of anilines is 3. The summed E-state index contributed by atoms with van der Waals surface area (Å²) in [6.07, 6.45) is 2.95. The van der Waals surface area contributed by atoms with E-state index < -0.39 is 0 Å². The van der Waals surface area contributed by atoms with Gasteiger partial charge in [-0.2, -0.15) is 0 Å². The fourth-order valence-corrected chi connectivity index (χ4v) is 4.53. The van der Waals surface area contributed by atoms with Crippen molar-refractivity contribution in [1.29, 1.82) is 0 Å². The summed E-state index contributed by atoms with van der Waals surface area (Å²) < 4.78 is 11.5. The number of benzene rings is 3. The molecule has 3 N–H and O–H groups in total. The predicted molar refractivity (Wildman–Crippen MR) is 147 cm³/mol. The van der Waals surface area contributed by atoms with Gasteiger partial charge in [0, 0.05) is 35.9 Å². The van der Waals surface area contributed by atoms with E-state index in [1.54, 1.807) is 19.4 Å². The highest BCUT2D eigenvalue weighted by Crippen LogP contribution is 2.36. The predicted octanol–water partition coefficient (Wildman–Crippen LogP) is 5.49. The summed E-state index contributed by atoms with van der Waals surface area (Å²) in [6.45, 7) is 5.78. The third-order valence-corrected chi connectivity index (χ3v) is 6.39. The first kappa shape index (κ1) is 24.7. The van der Waals surface area contributed by atoms with Crippen LogP contribution in [0.25, 0.3) is 22.0 Å². The molecule has 1 amide bonds. The van der Waals surface area contributed by atoms with Crippen LogP contribution >= 0.6 is 11.6 Å². The Morgan fingerprint density at radius 2 is 2.14 bits per heavy atom. The van der Waals surface area contributed by atoms with E-state index in [1.165, 1.54) is 6.08 Å². The van der Waals surface area contributed by atoms with Crippen molar-refractivity contribution in [3.8, 4) is 16.9 Å². The molecule has 8 nitrogen and oxygen atoms in total. The van der Waals surface area contributed by atoms with E-state index >= 15 is 0 Å². The number of morpholine rings is 1. The molecule has 9 heteroatoms. The molecule has 0 bridgehead atoms. The van der Waals surface area contributed by atoms with Crippen LogP contribution in [0.4, 0.5) is 17.3 Å². The van der Waals surface area contributed by atoms with Gasteiger partial charge in [0.1, 0.15) is 5.75 Å². The maximum Gasteiger partial charge on any atom is 0.247 e. The Kier molecular flexibility index (Phi) is 7.32. The lowest BCUT2D eigenvalue weighted by molar-refractivity contribution is -0.111. The summed E-state index contributed by atoms with van der Waals surface area (Å²) in [5, 5.41) is 10.8. The zero-order chi connectivity index (χ0) is 25.8. The molecule has 1 aromatic heterocycles. The molecule has 0 aliphatic carbocycles. The number of fused-ring (bicyclic) bond motifs is 1. The van der Waals surface area contributed by atoms with Crippen LogP contribution in [0.2, 0.25) is 5.02 Å². The number of rotatable bonds is 7. The molecule has 37 heavy (non-hydrogen) atoms. The third kappa shape index (κ3) is 5.41. The van der Waals surface area contributed by atoms with Crippen LogP contribution in [0.5, 0.6) is 5.75 Å². The zero-order valence-electron chi connectivity index (χ0n) is 20.3.